The number of nitrogens with zero attached hydrogens (tertiary/aromatic N) is 4. The summed E-state index contributed by atoms with van der Waals surface area (Å²) >= 11 is 0. The molecule has 3 aromatic rings. The van der Waals surface area contributed by atoms with Crippen LogP contribution in [0.3, 0.4) is 0 Å². The number of sulfonamides is 1. The second-order valence-corrected chi connectivity index (χ2v) is 11.7. The molecule has 5 rings (SSSR count). The van der Waals surface area contributed by atoms with E-state index < -0.39 is 27.2 Å². The minimum atomic E-state index is -3.20. The highest BCUT2D eigenvalue weighted by molar-refractivity contribution is 7.88. The molecule has 38 heavy (non-hydrogen) atoms. The minimum Gasteiger partial charge on any atom is -0.448 e. The molecule has 2 aromatic carbocycles. The third-order valence-corrected chi connectivity index (χ3v) is 8.34. The molecule has 0 saturated carbocycles. The average Bonchev–Trinajstić information content (AvgIpc) is 2.89. The van der Waals surface area contributed by atoms with Crippen LogP contribution >= 0.6 is 0 Å². The van der Waals surface area contributed by atoms with Gasteiger partial charge in [-0.3, -0.25) is 9.59 Å². The topological polar surface area (TPSA) is 106 Å². The number of carbonyl (C=O) groups excluding carboxylic acids is 1. The fourth-order valence-corrected chi connectivity index (χ4v) is 5.65. The van der Waals surface area contributed by atoms with Crippen molar-refractivity contribution in [3.63, 3.8) is 0 Å². The van der Waals surface area contributed by atoms with Crippen LogP contribution < -0.4 is 20.5 Å². The van der Waals surface area contributed by atoms with Crippen LogP contribution in [0.15, 0.2) is 51.7 Å². The molecule has 0 spiro atoms. The van der Waals surface area contributed by atoms with E-state index >= 15 is 0 Å². The quantitative estimate of drug-likeness (QED) is 0.521. The van der Waals surface area contributed by atoms with E-state index in [-0.39, 0.29) is 16.7 Å². The van der Waals surface area contributed by atoms with Crippen LogP contribution in [-0.2, 0) is 10.0 Å². The van der Waals surface area contributed by atoms with E-state index in [1.54, 1.807) is 12.1 Å². The molecule has 3 heterocycles. The Morgan fingerprint density at radius 2 is 1.55 bits per heavy atom. The molecule has 2 aliphatic rings. The van der Waals surface area contributed by atoms with Crippen molar-refractivity contribution in [1.29, 1.82) is 0 Å². The number of benzene rings is 2. The van der Waals surface area contributed by atoms with Crippen LogP contribution in [0.25, 0.3) is 11.0 Å². The van der Waals surface area contributed by atoms with Gasteiger partial charge in [-0.15, -0.1) is 0 Å². The smallest absolute Gasteiger partial charge is 0.291 e. The zero-order valence-electron chi connectivity index (χ0n) is 21.3. The van der Waals surface area contributed by atoms with Crippen molar-refractivity contribution in [2.75, 3.05) is 80.8 Å². The van der Waals surface area contributed by atoms with Crippen molar-refractivity contribution in [3.8, 4) is 0 Å². The van der Waals surface area contributed by atoms with E-state index in [4.69, 9.17) is 4.42 Å². The lowest BCUT2D eigenvalue weighted by Gasteiger charge is -2.34. The van der Waals surface area contributed by atoms with Crippen LogP contribution in [0.2, 0.25) is 0 Å². The second-order valence-electron chi connectivity index (χ2n) is 9.72. The van der Waals surface area contributed by atoms with Crippen molar-refractivity contribution < 1.29 is 22.0 Å². The Kier molecular flexibility index (Phi) is 7.12. The summed E-state index contributed by atoms with van der Waals surface area (Å²) in [6.07, 6.45) is 1.21. The zero-order chi connectivity index (χ0) is 27.0. The van der Waals surface area contributed by atoms with E-state index in [0.29, 0.717) is 50.6 Å². The van der Waals surface area contributed by atoms with Gasteiger partial charge in [0.1, 0.15) is 5.82 Å². The van der Waals surface area contributed by atoms with Gasteiger partial charge in [-0.2, -0.15) is 4.31 Å². The Labute approximate surface area is 220 Å². The first-order valence-electron chi connectivity index (χ1n) is 12.4. The highest BCUT2D eigenvalue weighted by Crippen LogP contribution is 2.29. The monoisotopic (exact) mass is 543 g/mol. The molecule has 0 unspecified atom stereocenters. The van der Waals surface area contributed by atoms with Crippen LogP contribution in [-0.4, -0.2) is 89.2 Å². The van der Waals surface area contributed by atoms with Gasteiger partial charge in [0.15, 0.2) is 16.8 Å². The summed E-state index contributed by atoms with van der Waals surface area (Å²) < 4.78 is 45.2. The van der Waals surface area contributed by atoms with E-state index in [0.717, 1.165) is 30.9 Å². The summed E-state index contributed by atoms with van der Waals surface area (Å²) in [4.78, 5) is 32.0. The van der Waals surface area contributed by atoms with E-state index in [1.807, 2.05) is 24.1 Å². The molecule has 1 amide bonds. The lowest BCUT2D eigenvalue weighted by atomic mass is 10.1. The molecule has 1 N–H and O–H groups in total. The number of halogens is 1. The van der Waals surface area contributed by atoms with Gasteiger partial charge in [0, 0.05) is 75.9 Å². The number of likely N-dealkylation sites (N-methyl/N-ethyl adjacent to an activating group) is 1. The SMILES string of the molecule is CN1CCN(c2cc(F)cc3c(=O)cc(C(=O)Nc4ccc(N5CCN(S(C)(=O)=O)CC5)cc4)oc23)CC1. The predicted molar refractivity (Wildman–Crippen MR) is 145 cm³/mol. The van der Waals surface area contributed by atoms with Crippen molar-refractivity contribution in [3.05, 3.63) is 64.3 Å². The Balaban J connectivity index is 1.33. The van der Waals surface area contributed by atoms with Crippen molar-refractivity contribution in [2.24, 2.45) is 0 Å². The van der Waals surface area contributed by atoms with E-state index in [1.165, 1.54) is 16.6 Å². The number of piperazine rings is 2. The minimum absolute atomic E-state index is 0.0933. The maximum absolute atomic E-state index is 14.4. The lowest BCUT2D eigenvalue weighted by molar-refractivity contribution is 0.0997. The van der Waals surface area contributed by atoms with Crippen molar-refractivity contribution in [1.82, 2.24) is 9.21 Å². The lowest BCUT2D eigenvalue weighted by Crippen LogP contribution is -2.48. The largest absolute Gasteiger partial charge is 0.448 e. The van der Waals surface area contributed by atoms with E-state index in [9.17, 15) is 22.4 Å². The Morgan fingerprint density at radius 3 is 2.18 bits per heavy atom. The van der Waals surface area contributed by atoms with Crippen LogP contribution in [0.1, 0.15) is 10.6 Å². The highest BCUT2D eigenvalue weighted by atomic mass is 32.2. The van der Waals surface area contributed by atoms with Crippen molar-refractivity contribution >= 4 is 44.0 Å². The molecule has 12 heteroatoms. The van der Waals surface area contributed by atoms with Gasteiger partial charge in [0.2, 0.25) is 10.0 Å². The van der Waals surface area contributed by atoms with Crippen LogP contribution in [0.4, 0.5) is 21.5 Å². The standard InChI is InChI=1S/C26H30FN5O5S/c1-29-7-9-31(10-8-29)22-16-18(27)15-21-23(33)17-24(37-25(21)22)26(34)28-19-3-5-20(6-4-19)30-11-13-32(14-12-30)38(2,35)36/h3-6,15-17H,7-14H2,1-2H3,(H,28,34). The first-order chi connectivity index (χ1) is 18.1. The summed E-state index contributed by atoms with van der Waals surface area (Å²) in [7, 11) is -1.19. The third kappa shape index (κ3) is 5.52. The normalized spacial score (nSPS) is 17.7. The Morgan fingerprint density at radius 1 is 0.921 bits per heavy atom. The number of carbonyl (C=O) groups is 1. The van der Waals surface area contributed by atoms with Gasteiger partial charge in [0.05, 0.1) is 17.3 Å². The fourth-order valence-electron chi connectivity index (χ4n) is 4.83. The molecule has 10 nitrogen and oxygen atoms in total. The maximum atomic E-state index is 14.4. The van der Waals surface area contributed by atoms with Gasteiger partial charge in [0.25, 0.3) is 5.91 Å². The van der Waals surface area contributed by atoms with Gasteiger partial charge >= 0.3 is 0 Å². The molecule has 0 atom stereocenters. The molecule has 2 fully saturated rings. The second kappa shape index (κ2) is 10.4. The van der Waals surface area contributed by atoms with Gasteiger partial charge in [-0.1, -0.05) is 0 Å². The zero-order valence-corrected chi connectivity index (χ0v) is 22.1. The van der Waals surface area contributed by atoms with Crippen LogP contribution in [0, 0.1) is 5.82 Å². The molecule has 1 aromatic heterocycles. The van der Waals surface area contributed by atoms with Gasteiger partial charge in [-0.25, -0.2) is 12.8 Å². The number of amides is 1. The number of hydrogen-bond donors (Lipinski definition) is 1. The van der Waals surface area contributed by atoms with E-state index in [2.05, 4.69) is 15.1 Å². The molecule has 2 saturated heterocycles. The molecule has 0 bridgehead atoms. The predicted octanol–water partition coefficient (Wildman–Crippen LogP) is 2.02. The molecular formula is C26H30FN5O5S. The summed E-state index contributed by atoms with van der Waals surface area (Å²) in [5, 5.41) is 2.84. The maximum Gasteiger partial charge on any atom is 0.291 e. The van der Waals surface area contributed by atoms with Crippen molar-refractivity contribution in [2.45, 2.75) is 0 Å². The summed E-state index contributed by atoms with van der Waals surface area (Å²) in [6.45, 7) is 4.82. The summed E-state index contributed by atoms with van der Waals surface area (Å²) in [5.41, 5.74) is 1.58. The molecule has 202 valence electrons. The van der Waals surface area contributed by atoms with Crippen LogP contribution in [0.5, 0.6) is 0 Å². The Hall–Kier alpha value is -3.48. The molecular weight excluding hydrogens is 513 g/mol. The molecule has 2 aliphatic heterocycles. The third-order valence-electron chi connectivity index (χ3n) is 7.04. The molecule has 0 radical (unpaired) electrons. The first kappa shape index (κ1) is 26.1. The van der Waals surface area contributed by atoms with Gasteiger partial charge < -0.3 is 24.4 Å². The molecule has 0 aliphatic carbocycles. The summed E-state index contributed by atoms with van der Waals surface area (Å²) in [5.74, 6) is -1.29. The summed E-state index contributed by atoms with van der Waals surface area (Å²) in [6, 6.07) is 10.7. The fraction of sp³-hybridized carbons (Fsp3) is 0.385. The number of hydrogen-bond acceptors (Lipinski definition) is 8. The number of anilines is 3. The average molecular weight is 544 g/mol. The highest BCUT2D eigenvalue weighted by Gasteiger charge is 2.24. The number of nitrogens with one attached hydrogen (secondary N) is 1. The number of rotatable bonds is 5. The first-order valence-corrected chi connectivity index (χ1v) is 14.3. The van der Waals surface area contributed by atoms with Gasteiger partial charge in [-0.05, 0) is 37.4 Å². The number of fused-ring (bicyclic) bond motifs is 1. The Bertz CT molecular complexity index is 1510.